The third-order valence-electron chi connectivity index (χ3n) is 5.09. The van der Waals surface area contributed by atoms with Gasteiger partial charge in [0.25, 0.3) is 0 Å². The molecule has 0 aliphatic carbocycles. The zero-order chi connectivity index (χ0) is 18.7. The van der Waals surface area contributed by atoms with Gasteiger partial charge in [0.15, 0.2) is 0 Å². The van der Waals surface area contributed by atoms with Crippen molar-refractivity contribution in [3.63, 3.8) is 0 Å². The topological polar surface area (TPSA) is 38.8 Å². The Hall–Kier alpha value is -2.11. The number of benzene rings is 2. The molecule has 5 nitrogen and oxygen atoms in total. The molecule has 5 heteroatoms. The van der Waals surface area contributed by atoms with E-state index >= 15 is 0 Å². The molecule has 1 N–H and O–H groups in total. The summed E-state index contributed by atoms with van der Waals surface area (Å²) in [6.45, 7) is 3.65. The van der Waals surface area contributed by atoms with Crippen LogP contribution < -0.4 is 5.32 Å². The number of urea groups is 1. The van der Waals surface area contributed by atoms with Crippen LogP contribution in [0.25, 0.3) is 10.8 Å². The zero-order valence-electron chi connectivity index (χ0n) is 16.3. The van der Waals surface area contributed by atoms with E-state index in [0.717, 1.165) is 42.6 Å². The molecule has 2 amide bonds. The average molecular weight is 354 g/mol. The number of amides is 2. The van der Waals surface area contributed by atoms with Crippen molar-refractivity contribution in [2.75, 3.05) is 59.7 Å². The molecular weight excluding hydrogens is 324 g/mol. The molecule has 140 valence electrons. The zero-order valence-corrected chi connectivity index (χ0v) is 16.3. The number of hydrogen-bond donors (Lipinski definition) is 1. The van der Waals surface area contributed by atoms with E-state index in [-0.39, 0.29) is 6.03 Å². The first-order valence-electron chi connectivity index (χ1n) is 9.27. The van der Waals surface area contributed by atoms with Gasteiger partial charge in [-0.25, -0.2) is 4.79 Å². The normalized spacial score (nSPS) is 20.3. The first kappa shape index (κ1) is 18.7. The second-order valence-electron chi connectivity index (χ2n) is 7.91. The van der Waals surface area contributed by atoms with Crippen molar-refractivity contribution < 1.29 is 4.79 Å². The van der Waals surface area contributed by atoms with E-state index in [2.05, 4.69) is 61.5 Å². The van der Waals surface area contributed by atoms with Gasteiger partial charge in [0.2, 0.25) is 0 Å². The number of hydrogen-bond acceptors (Lipinski definition) is 3. The van der Waals surface area contributed by atoms with Crippen LogP contribution >= 0.6 is 0 Å². The smallest absolute Gasteiger partial charge is 0.321 e. The second kappa shape index (κ2) is 8.06. The SMILES string of the molecule is CN(C)C[C@@H]1CN(C(=O)Nc2cccc3ccccc23)C[C@H]1CN(C)C. The van der Waals surface area contributed by atoms with E-state index in [1.165, 1.54) is 0 Å². The summed E-state index contributed by atoms with van der Waals surface area (Å²) >= 11 is 0. The largest absolute Gasteiger partial charge is 0.324 e. The predicted molar refractivity (Wildman–Crippen MR) is 109 cm³/mol. The lowest BCUT2D eigenvalue weighted by Gasteiger charge is -2.24. The van der Waals surface area contributed by atoms with Crippen molar-refractivity contribution in [1.82, 2.24) is 14.7 Å². The summed E-state index contributed by atoms with van der Waals surface area (Å²) in [5.41, 5.74) is 0.883. The van der Waals surface area contributed by atoms with Crippen LogP contribution in [0.2, 0.25) is 0 Å². The fourth-order valence-electron chi connectivity index (χ4n) is 3.98. The molecule has 0 bridgehead atoms. The van der Waals surface area contributed by atoms with Crippen LogP contribution in [0.4, 0.5) is 10.5 Å². The average Bonchev–Trinajstić information content (AvgIpc) is 2.96. The Labute approximate surface area is 156 Å². The molecule has 2 atom stereocenters. The maximum absolute atomic E-state index is 12.9. The first-order chi connectivity index (χ1) is 12.4. The highest BCUT2D eigenvalue weighted by molar-refractivity contribution is 6.01. The first-order valence-corrected chi connectivity index (χ1v) is 9.27. The van der Waals surface area contributed by atoms with Crippen LogP contribution in [0.3, 0.4) is 0 Å². The Morgan fingerprint density at radius 2 is 1.54 bits per heavy atom. The standard InChI is InChI=1S/C21H30N4O/c1-23(2)12-17-14-25(15-18(17)13-24(3)4)21(26)22-20-11-7-9-16-8-5-6-10-19(16)20/h5-11,17-18H,12-15H2,1-4H3,(H,22,26)/t17-,18-/m1/s1. The van der Waals surface area contributed by atoms with Crippen molar-refractivity contribution in [1.29, 1.82) is 0 Å². The van der Waals surface area contributed by atoms with Gasteiger partial charge >= 0.3 is 6.03 Å². The van der Waals surface area contributed by atoms with Gasteiger partial charge in [0.1, 0.15) is 0 Å². The molecule has 3 rings (SSSR count). The molecule has 0 saturated carbocycles. The lowest BCUT2D eigenvalue weighted by Crippen LogP contribution is -2.34. The van der Waals surface area contributed by atoms with Crippen LogP contribution in [0.5, 0.6) is 0 Å². The third-order valence-corrected chi connectivity index (χ3v) is 5.09. The Balaban J connectivity index is 1.73. The Morgan fingerprint density at radius 3 is 2.15 bits per heavy atom. The fraction of sp³-hybridized carbons (Fsp3) is 0.476. The van der Waals surface area contributed by atoms with E-state index in [1.807, 2.05) is 29.2 Å². The molecule has 0 unspecified atom stereocenters. The summed E-state index contributed by atoms with van der Waals surface area (Å²) in [7, 11) is 8.41. The Bertz CT molecular complexity index is 735. The highest BCUT2D eigenvalue weighted by Crippen LogP contribution is 2.27. The van der Waals surface area contributed by atoms with Gasteiger partial charge in [-0.2, -0.15) is 0 Å². The number of rotatable bonds is 5. The highest BCUT2D eigenvalue weighted by atomic mass is 16.2. The number of carbonyl (C=O) groups excluding carboxylic acids is 1. The number of nitrogens with one attached hydrogen (secondary N) is 1. The molecule has 2 aromatic carbocycles. The molecule has 0 aromatic heterocycles. The van der Waals surface area contributed by atoms with Crippen LogP contribution in [0.15, 0.2) is 42.5 Å². The summed E-state index contributed by atoms with van der Waals surface area (Å²) in [5, 5.41) is 5.36. The highest BCUT2D eigenvalue weighted by Gasteiger charge is 2.35. The van der Waals surface area contributed by atoms with Crippen molar-refractivity contribution in [3.8, 4) is 0 Å². The minimum Gasteiger partial charge on any atom is -0.324 e. The molecule has 1 aliphatic heterocycles. The molecular formula is C21H30N4O. The molecule has 2 aromatic rings. The maximum atomic E-state index is 12.9. The van der Waals surface area contributed by atoms with Gasteiger partial charge in [-0.15, -0.1) is 0 Å². The van der Waals surface area contributed by atoms with E-state index in [0.29, 0.717) is 11.8 Å². The molecule has 1 aliphatic rings. The summed E-state index contributed by atoms with van der Waals surface area (Å²) in [6.07, 6.45) is 0. The summed E-state index contributed by atoms with van der Waals surface area (Å²) in [6, 6.07) is 14.2. The third kappa shape index (κ3) is 4.34. The van der Waals surface area contributed by atoms with Gasteiger partial charge in [-0.05, 0) is 51.5 Å². The van der Waals surface area contributed by atoms with Gasteiger partial charge in [0.05, 0.1) is 5.69 Å². The molecule has 0 spiro atoms. The second-order valence-corrected chi connectivity index (χ2v) is 7.91. The molecule has 0 radical (unpaired) electrons. The number of carbonyl (C=O) groups is 1. The van der Waals surface area contributed by atoms with Gasteiger partial charge in [-0.3, -0.25) is 0 Å². The molecule has 26 heavy (non-hydrogen) atoms. The fourth-order valence-corrected chi connectivity index (χ4v) is 3.98. The van der Waals surface area contributed by atoms with E-state index < -0.39 is 0 Å². The van der Waals surface area contributed by atoms with E-state index in [9.17, 15) is 4.79 Å². The van der Waals surface area contributed by atoms with Crippen LogP contribution in [-0.4, -0.2) is 75.1 Å². The molecule has 1 fully saturated rings. The molecule has 1 saturated heterocycles. The number of likely N-dealkylation sites (tertiary alicyclic amines) is 1. The van der Waals surface area contributed by atoms with Crippen LogP contribution in [0, 0.1) is 11.8 Å². The van der Waals surface area contributed by atoms with Crippen molar-refractivity contribution in [2.24, 2.45) is 11.8 Å². The maximum Gasteiger partial charge on any atom is 0.321 e. The monoisotopic (exact) mass is 354 g/mol. The van der Waals surface area contributed by atoms with Crippen molar-refractivity contribution in [3.05, 3.63) is 42.5 Å². The minimum atomic E-state index is 0.00589. The minimum absolute atomic E-state index is 0.00589. The van der Waals surface area contributed by atoms with Crippen molar-refractivity contribution in [2.45, 2.75) is 0 Å². The van der Waals surface area contributed by atoms with Crippen LogP contribution in [0.1, 0.15) is 0 Å². The molecule has 1 heterocycles. The van der Waals surface area contributed by atoms with Gasteiger partial charge in [0, 0.05) is 31.6 Å². The van der Waals surface area contributed by atoms with Crippen molar-refractivity contribution >= 4 is 22.5 Å². The van der Waals surface area contributed by atoms with E-state index in [4.69, 9.17) is 0 Å². The number of fused-ring (bicyclic) bond motifs is 1. The Morgan fingerprint density at radius 1 is 0.962 bits per heavy atom. The summed E-state index contributed by atoms with van der Waals surface area (Å²) in [5.74, 6) is 1.01. The number of nitrogens with zero attached hydrogens (tertiary/aromatic N) is 3. The predicted octanol–water partition coefficient (Wildman–Crippen LogP) is 3.04. The van der Waals surface area contributed by atoms with E-state index in [1.54, 1.807) is 0 Å². The lowest BCUT2D eigenvalue weighted by atomic mass is 9.95. The van der Waals surface area contributed by atoms with Gasteiger partial charge < -0.3 is 20.0 Å². The van der Waals surface area contributed by atoms with Gasteiger partial charge in [-0.1, -0.05) is 36.4 Å². The quantitative estimate of drug-likeness (QED) is 0.897. The summed E-state index contributed by atoms with van der Waals surface area (Å²) < 4.78 is 0. The lowest BCUT2D eigenvalue weighted by molar-refractivity contribution is 0.218. The number of anilines is 1. The Kier molecular flexibility index (Phi) is 5.79. The van der Waals surface area contributed by atoms with Crippen LogP contribution in [-0.2, 0) is 0 Å². The summed E-state index contributed by atoms with van der Waals surface area (Å²) in [4.78, 5) is 19.3.